The number of nitrogens with two attached hydrogens (primary N) is 1. The fourth-order valence-electron chi connectivity index (χ4n) is 1.73. The van der Waals surface area contributed by atoms with E-state index < -0.39 is 0 Å². The van der Waals surface area contributed by atoms with Crippen LogP contribution in [-0.4, -0.2) is 32.7 Å². The van der Waals surface area contributed by atoms with Gasteiger partial charge in [-0.15, -0.1) is 5.10 Å². The molecule has 2 aromatic rings. The Morgan fingerprint density at radius 2 is 2.06 bits per heavy atom. The van der Waals surface area contributed by atoms with Gasteiger partial charge in [0.25, 0.3) is 0 Å². The minimum atomic E-state index is -0.304. The Bertz CT molecular complexity index is 492. The number of benzene rings is 1. The number of aryl methyl sites for hydroxylation is 1. The summed E-state index contributed by atoms with van der Waals surface area (Å²) >= 11 is 0. The fourth-order valence-corrected chi connectivity index (χ4v) is 1.73. The van der Waals surface area contributed by atoms with Crippen molar-refractivity contribution in [3.05, 3.63) is 36.0 Å². The van der Waals surface area contributed by atoms with E-state index in [4.69, 9.17) is 10.8 Å². The van der Waals surface area contributed by atoms with E-state index in [2.05, 4.69) is 29.4 Å². The molecule has 1 aromatic carbocycles. The summed E-state index contributed by atoms with van der Waals surface area (Å²) in [5, 5.41) is 17.0. The average Bonchev–Trinajstić information content (AvgIpc) is 2.87. The largest absolute Gasteiger partial charge is 0.395 e. The van der Waals surface area contributed by atoms with E-state index in [1.165, 1.54) is 5.56 Å². The molecule has 3 N–H and O–H groups in total. The predicted octanol–water partition coefficient (Wildman–Crippen LogP) is 0.827. The molecule has 18 heavy (non-hydrogen) atoms. The second-order valence-corrected chi connectivity index (χ2v) is 4.32. The Balaban J connectivity index is 2.13. The van der Waals surface area contributed by atoms with E-state index in [0.717, 1.165) is 17.7 Å². The van der Waals surface area contributed by atoms with Crippen LogP contribution in [-0.2, 0) is 13.0 Å². The van der Waals surface area contributed by atoms with Crippen LogP contribution in [0, 0.1) is 0 Å². The Morgan fingerprint density at radius 1 is 1.33 bits per heavy atom. The van der Waals surface area contributed by atoms with Crippen LogP contribution < -0.4 is 5.73 Å². The molecule has 0 saturated heterocycles. The standard InChI is InChI=1S/C13H18N4O/c1-2-10-3-5-11(6-4-10)13-8-17(16-15-13)7-12(14)9-18/h3-6,8,12,18H,2,7,9,14H2,1H3/t12-/m1/s1. The summed E-state index contributed by atoms with van der Waals surface area (Å²) in [6.45, 7) is 2.54. The molecule has 0 aliphatic heterocycles. The molecule has 1 aromatic heterocycles. The van der Waals surface area contributed by atoms with Gasteiger partial charge in [-0.25, -0.2) is 0 Å². The van der Waals surface area contributed by atoms with Crippen LogP contribution in [0.25, 0.3) is 11.3 Å². The van der Waals surface area contributed by atoms with Crippen LogP contribution in [0.15, 0.2) is 30.5 Å². The minimum Gasteiger partial charge on any atom is -0.395 e. The highest BCUT2D eigenvalue weighted by molar-refractivity contribution is 5.57. The van der Waals surface area contributed by atoms with Crippen molar-refractivity contribution >= 4 is 0 Å². The molecule has 0 fully saturated rings. The van der Waals surface area contributed by atoms with Crippen molar-refractivity contribution in [1.82, 2.24) is 15.0 Å². The van der Waals surface area contributed by atoms with Crippen molar-refractivity contribution in [2.75, 3.05) is 6.61 Å². The maximum Gasteiger partial charge on any atom is 0.113 e. The number of hydrogen-bond donors (Lipinski definition) is 2. The molecule has 0 amide bonds. The van der Waals surface area contributed by atoms with Gasteiger partial charge in [-0.1, -0.05) is 36.4 Å². The summed E-state index contributed by atoms with van der Waals surface area (Å²) < 4.78 is 1.66. The maximum absolute atomic E-state index is 8.89. The van der Waals surface area contributed by atoms with Gasteiger partial charge in [-0.3, -0.25) is 4.68 Å². The molecule has 5 nitrogen and oxygen atoms in total. The highest BCUT2D eigenvalue weighted by Crippen LogP contribution is 2.16. The minimum absolute atomic E-state index is 0.0552. The van der Waals surface area contributed by atoms with Crippen molar-refractivity contribution < 1.29 is 5.11 Å². The zero-order chi connectivity index (χ0) is 13.0. The second-order valence-electron chi connectivity index (χ2n) is 4.32. The highest BCUT2D eigenvalue weighted by atomic mass is 16.3. The van der Waals surface area contributed by atoms with Gasteiger partial charge in [0.2, 0.25) is 0 Å². The molecule has 1 atom stereocenters. The van der Waals surface area contributed by atoms with Crippen molar-refractivity contribution in [2.24, 2.45) is 5.73 Å². The van der Waals surface area contributed by atoms with E-state index in [9.17, 15) is 0 Å². The summed E-state index contributed by atoms with van der Waals surface area (Å²) in [4.78, 5) is 0. The second kappa shape index (κ2) is 5.75. The fraction of sp³-hybridized carbons (Fsp3) is 0.385. The monoisotopic (exact) mass is 246 g/mol. The van der Waals surface area contributed by atoms with Crippen molar-refractivity contribution in [3.8, 4) is 11.3 Å². The van der Waals surface area contributed by atoms with E-state index in [-0.39, 0.29) is 12.6 Å². The molecule has 0 bridgehead atoms. The SMILES string of the molecule is CCc1ccc(-c2cn(C[C@@H](N)CO)nn2)cc1. The molecule has 96 valence electrons. The van der Waals surface area contributed by atoms with Gasteiger partial charge in [0, 0.05) is 11.6 Å². The van der Waals surface area contributed by atoms with Gasteiger partial charge < -0.3 is 10.8 Å². The molecule has 0 aliphatic carbocycles. The molecule has 0 saturated carbocycles. The number of aliphatic hydroxyl groups is 1. The molecule has 0 aliphatic rings. The summed E-state index contributed by atoms with van der Waals surface area (Å²) in [5.41, 5.74) is 8.81. The maximum atomic E-state index is 8.89. The quantitative estimate of drug-likeness (QED) is 0.819. The van der Waals surface area contributed by atoms with Crippen molar-refractivity contribution in [3.63, 3.8) is 0 Å². The Labute approximate surface area is 106 Å². The first-order chi connectivity index (χ1) is 8.72. The zero-order valence-electron chi connectivity index (χ0n) is 10.5. The van der Waals surface area contributed by atoms with Gasteiger partial charge >= 0.3 is 0 Å². The molecule has 0 spiro atoms. The molecule has 0 radical (unpaired) electrons. The van der Waals surface area contributed by atoms with Crippen LogP contribution in [0.1, 0.15) is 12.5 Å². The lowest BCUT2D eigenvalue weighted by atomic mass is 10.1. The molecule has 5 heteroatoms. The van der Waals surface area contributed by atoms with E-state index in [1.54, 1.807) is 4.68 Å². The molecule has 0 unspecified atom stereocenters. The Hall–Kier alpha value is -1.72. The lowest BCUT2D eigenvalue weighted by Gasteiger charge is -2.05. The third-order valence-corrected chi connectivity index (χ3v) is 2.85. The predicted molar refractivity (Wildman–Crippen MR) is 69.9 cm³/mol. The van der Waals surface area contributed by atoms with Crippen LogP contribution in [0.3, 0.4) is 0 Å². The zero-order valence-corrected chi connectivity index (χ0v) is 10.5. The lowest BCUT2D eigenvalue weighted by Crippen LogP contribution is -2.30. The van der Waals surface area contributed by atoms with Gasteiger partial charge in [0.05, 0.1) is 19.3 Å². The first kappa shape index (κ1) is 12.7. The third-order valence-electron chi connectivity index (χ3n) is 2.85. The molecule has 2 rings (SSSR count). The van der Waals surface area contributed by atoms with Gasteiger partial charge in [-0.05, 0) is 12.0 Å². The number of aliphatic hydroxyl groups excluding tert-OH is 1. The summed E-state index contributed by atoms with van der Waals surface area (Å²) in [6.07, 6.45) is 2.87. The normalized spacial score (nSPS) is 12.6. The van der Waals surface area contributed by atoms with E-state index in [0.29, 0.717) is 6.54 Å². The molecular formula is C13H18N4O. The van der Waals surface area contributed by atoms with Gasteiger partial charge in [-0.2, -0.15) is 0 Å². The van der Waals surface area contributed by atoms with Crippen LogP contribution in [0.2, 0.25) is 0 Å². The topological polar surface area (TPSA) is 77.0 Å². The first-order valence-electron chi connectivity index (χ1n) is 6.08. The molecular weight excluding hydrogens is 228 g/mol. The summed E-state index contributed by atoms with van der Waals surface area (Å²) in [5.74, 6) is 0. The summed E-state index contributed by atoms with van der Waals surface area (Å²) in [7, 11) is 0. The van der Waals surface area contributed by atoms with Crippen LogP contribution in [0.4, 0.5) is 0 Å². The van der Waals surface area contributed by atoms with Gasteiger partial charge in [0.1, 0.15) is 5.69 Å². The average molecular weight is 246 g/mol. The number of rotatable bonds is 5. The number of hydrogen-bond acceptors (Lipinski definition) is 4. The van der Waals surface area contributed by atoms with Gasteiger partial charge in [0.15, 0.2) is 0 Å². The smallest absolute Gasteiger partial charge is 0.113 e. The first-order valence-corrected chi connectivity index (χ1v) is 6.08. The van der Waals surface area contributed by atoms with E-state index in [1.807, 2.05) is 18.3 Å². The lowest BCUT2D eigenvalue weighted by molar-refractivity contribution is 0.250. The summed E-state index contributed by atoms with van der Waals surface area (Å²) in [6, 6.07) is 7.96. The number of nitrogens with zero attached hydrogens (tertiary/aromatic N) is 3. The Kier molecular flexibility index (Phi) is 4.07. The Morgan fingerprint density at radius 3 is 2.67 bits per heavy atom. The van der Waals surface area contributed by atoms with Crippen LogP contribution >= 0.6 is 0 Å². The molecule has 1 heterocycles. The van der Waals surface area contributed by atoms with Crippen molar-refractivity contribution in [1.29, 1.82) is 0 Å². The van der Waals surface area contributed by atoms with Crippen molar-refractivity contribution in [2.45, 2.75) is 25.9 Å². The number of aromatic nitrogens is 3. The van der Waals surface area contributed by atoms with Crippen LogP contribution in [0.5, 0.6) is 0 Å². The highest BCUT2D eigenvalue weighted by Gasteiger charge is 2.06. The third kappa shape index (κ3) is 2.94. The van der Waals surface area contributed by atoms with E-state index >= 15 is 0 Å².